The summed E-state index contributed by atoms with van der Waals surface area (Å²) in [6.45, 7) is 13.2. The molecule has 0 radical (unpaired) electrons. The van der Waals surface area contributed by atoms with E-state index in [1.165, 1.54) is 0 Å². The molecule has 110 valence electrons. The van der Waals surface area contributed by atoms with Crippen molar-refractivity contribution in [1.82, 2.24) is 10.2 Å². The molecule has 19 heavy (non-hydrogen) atoms. The Labute approximate surface area is 116 Å². The highest BCUT2D eigenvalue weighted by atomic mass is 16.2. The van der Waals surface area contributed by atoms with Gasteiger partial charge in [0.15, 0.2) is 0 Å². The maximum absolute atomic E-state index is 12.6. The zero-order valence-electron chi connectivity index (χ0n) is 13.2. The van der Waals surface area contributed by atoms with Crippen molar-refractivity contribution in [2.45, 2.75) is 72.4 Å². The van der Waals surface area contributed by atoms with Crippen LogP contribution in [0.25, 0.3) is 0 Å². The Hall–Kier alpha value is -1.06. The minimum atomic E-state index is -0.366. The van der Waals surface area contributed by atoms with E-state index in [1.807, 2.05) is 11.8 Å². The monoisotopic (exact) mass is 268 g/mol. The Kier molecular flexibility index (Phi) is 4.64. The molecule has 1 fully saturated rings. The second-order valence-electron chi connectivity index (χ2n) is 7.32. The zero-order chi connectivity index (χ0) is 14.8. The van der Waals surface area contributed by atoms with Crippen molar-refractivity contribution in [3.63, 3.8) is 0 Å². The predicted molar refractivity (Wildman–Crippen MR) is 76.7 cm³/mol. The van der Waals surface area contributed by atoms with Gasteiger partial charge in [-0.05, 0) is 32.1 Å². The highest BCUT2D eigenvalue weighted by Crippen LogP contribution is 2.32. The topological polar surface area (TPSA) is 49.4 Å². The van der Waals surface area contributed by atoms with Crippen LogP contribution in [0.4, 0.5) is 0 Å². The Balaban J connectivity index is 2.96. The summed E-state index contributed by atoms with van der Waals surface area (Å²) in [5.74, 6) is 0.0388. The lowest BCUT2D eigenvalue weighted by atomic mass is 9.80. The van der Waals surface area contributed by atoms with E-state index in [4.69, 9.17) is 0 Å². The van der Waals surface area contributed by atoms with Gasteiger partial charge in [-0.15, -0.1) is 0 Å². The second-order valence-corrected chi connectivity index (χ2v) is 7.32. The lowest BCUT2D eigenvalue weighted by molar-refractivity contribution is -0.139. The first-order valence-electron chi connectivity index (χ1n) is 7.18. The van der Waals surface area contributed by atoms with E-state index in [9.17, 15) is 9.59 Å². The molecule has 1 N–H and O–H groups in total. The normalized spacial score (nSPS) is 22.2. The molecular formula is C15H28N2O2. The lowest BCUT2D eigenvalue weighted by Gasteiger charge is -2.42. The van der Waals surface area contributed by atoms with Crippen LogP contribution in [0.15, 0.2) is 0 Å². The molecule has 0 saturated carbocycles. The van der Waals surface area contributed by atoms with Crippen molar-refractivity contribution >= 4 is 11.8 Å². The van der Waals surface area contributed by atoms with Crippen LogP contribution >= 0.6 is 0 Å². The second kappa shape index (κ2) is 5.51. The molecule has 1 heterocycles. The summed E-state index contributed by atoms with van der Waals surface area (Å²) in [4.78, 5) is 26.1. The van der Waals surface area contributed by atoms with Gasteiger partial charge in [0.2, 0.25) is 11.8 Å². The number of carbonyl (C=O) groups excluding carboxylic acids is 2. The molecule has 1 atom stereocenters. The van der Waals surface area contributed by atoms with Crippen molar-refractivity contribution in [3.8, 4) is 0 Å². The smallest absolute Gasteiger partial charge is 0.245 e. The molecule has 0 aromatic carbocycles. The Morgan fingerprint density at radius 3 is 2.26 bits per heavy atom. The number of rotatable bonds is 3. The zero-order valence-corrected chi connectivity index (χ0v) is 13.2. The fourth-order valence-corrected chi connectivity index (χ4v) is 3.11. The molecule has 0 aromatic heterocycles. The van der Waals surface area contributed by atoms with Gasteiger partial charge in [-0.3, -0.25) is 9.59 Å². The Morgan fingerprint density at radius 2 is 1.79 bits per heavy atom. The molecule has 1 aliphatic rings. The summed E-state index contributed by atoms with van der Waals surface area (Å²) in [5.41, 5.74) is -0.0791. The summed E-state index contributed by atoms with van der Waals surface area (Å²) in [6.07, 6.45) is 1.96. The fraction of sp³-hybridized carbons (Fsp3) is 0.867. The van der Waals surface area contributed by atoms with Crippen molar-refractivity contribution in [1.29, 1.82) is 0 Å². The molecule has 0 bridgehead atoms. The van der Waals surface area contributed by atoms with Crippen LogP contribution in [0, 0.1) is 5.41 Å². The first kappa shape index (κ1) is 16.0. The fourth-order valence-electron chi connectivity index (χ4n) is 3.11. The summed E-state index contributed by atoms with van der Waals surface area (Å²) >= 11 is 0. The van der Waals surface area contributed by atoms with E-state index < -0.39 is 0 Å². The maximum atomic E-state index is 12.6. The van der Waals surface area contributed by atoms with Crippen LogP contribution in [0.5, 0.6) is 0 Å². The van der Waals surface area contributed by atoms with E-state index in [0.29, 0.717) is 19.4 Å². The number of amides is 2. The van der Waals surface area contributed by atoms with Crippen molar-refractivity contribution < 1.29 is 9.59 Å². The van der Waals surface area contributed by atoms with E-state index in [1.54, 1.807) is 0 Å². The molecule has 1 rings (SSSR count). The molecule has 1 saturated heterocycles. The third kappa shape index (κ3) is 4.22. The van der Waals surface area contributed by atoms with Crippen LogP contribution in [-0.4, -0.2) is 34.8 Å². The molecule has 2 amide bonds. The number of nitrogens with one attached hydrogen (secondary N) is 1. The number of nitrogens with zero attached hydrogens (tertiary/aromatic N) is 1. The van der Waals surface area contributed by atoms with E-state index in [-0.39, 0.29) is 28.8 Å². The highest BCUT2D eigenvalue weighted by Gasteiger charge is 2.39. The first-order chi connectivity index (χ1) is 8.57. The highest BCUT2D eigenvalue weighted by molar-refractivity contribution is 5.90. The average molecular weight is 268 g/mol. The standard InChI is InChI=1S/C15H28N2O2/c1-7-11-13(19)17(9-8-12(18)16-11)15(5,6)10-14(2,3)4/h11H,7-10H2,1-6H3,(H,16,18). The number of carbonyl (C=O) groups is 2. The predicted octanol–water partition coefficient (Wildman–Crippen LogP) is 2.33. The summed E-state index contributed by atoms with van der Waals surface area (Å²) in [7, 11) is 0. The van der Waals surface area contributed by atoms with Gasteiger partial charge >= 0.3 is 0 Å². The van der Waals surface area contributed by atoms with Crippen molar-refractivity contribution in [2.75, 3.05) is 6.54 Å². The maximum Gasteiger partial charge on any atom is 0.245 e. The van der Waals surface area contributed by atoms with E-state index in [2.05, 4.69) is 39.9 Å². The van der Waals surface area contributed by atoms with Crippen LogP contribution in [-0.2, 0) is 9.59 Å². The van der Waals surface area contributed by atoms with Gasteiger partial charge in [0.25, 0.3) is 0 Å². The molecule has 0 spiro atoms. The molecule has 0 aromatic rings. The Bertz CT molecular complexity index is 356. The first-order valence-corrected chi connectivity index (χ1v) is 7.18. The quantitative estimate of drug-likeness (QED) is 0.854. The van der Waals surface area contributed by atoms with Crippen molar-refractivity contribution in [3.05, 3.63) is 0 Å². The lowest BCUT2D eigenvalue weighted by Crippen LogP contribution is -2.54. The molecule has 4 nitrogen and oxygen atoms in total. The minimum Gasteiger partial charge on any atom is -0.344 e. The van der Waals surface area contributed by atoms with E-state index >= 15 is 0 Å². The van der Waals surface area contributed by atoms with Gasteiger partial charge in [-0.1, -0.05) is 27.7 Å². The van der Waals surface area contributed by atoms with Gasteiger partial charge in [-0.25, -0.2) is 0 Å². The largest absolute Gasteiger partial charge is 0.344 e. The van der Waals surface area contributed by atoms with Gasteiger partial charge < -0.3 is 10.2 Å². The van der Waals surface area contributed by atoms with Crippen LogP contribution in [0.3, 0.4) is 0 Å². The molecule has 0 aliphatic carbocycles. The molecule has 1 aliphatic heterocycles. The molecular weight excluding hydrogens is 240 g/mol. The van der Waals surface area contributed by atoms with Gasteiger partial charge in [0.05, 0.1) is 0 Å². The minimum absolute atomic E-state index is 0.0192. The summed E-state index contributed by atoms with van der Waals surface area (Å²) < 4.78 is 0. The van der Waals surface area contributed by atoms with Gasteiger partial charge in [0.1, 0.15) is 6.04 Å². The van der Waals surface area contributed by atoms with Crippen LogP contribution < -0.4 is 5.32 Å². The van der Waals surface area contributed by atoms with E-state index in [0.717, 1.165) is 6.42 Å². The summed E-state index contributed by atoms with van der Waals surface area (Å²) in [6, 6.07) is -0.366. The number of hydrogen-bond acceptors (Lipinski definition) is 2. The SMILES string of the molecule is CCC1NC(=O)CCN(C(C)(C)CC(C)(C)C)C1=O. The van der Waals surface area contributed by atoms with Crippen LogP contribution in [0.2, 0.25) is 0 Å². The summed E-state index contributed by atoms with van der Waals surface area (Å²) in [5, 5.41) is 2.81. The van der Waals surface area contributed by atoms with Crippen molar-refractivity contribution in [2.24, 2.45) is 5.41 Å². The molecule has 4 heteroatoms. The average Bonchev–Trinajstić information content (AvgIpc) is 2.35. The van der Waals surface area contributed by atoms with Gasteiger partial charge in [0, 0.05) is 18.5 Å². The van der Waals surface area contributed by atoms with Crippen LogP contribution in [0.1, 0.15) is 60.8 Å². The third-order valence-electron chi connectivity index (χ3n) is 3.56. The third-order valence-corrected chi connectivity index (χ3v) is 3.56. The van der Waals surface area contributed by atoms with Gasteiger partial charge in [-0.2, -0.15) is 0 Å². The number of hydrogen-bond donors (Lipinski definition) is 1. The Morgan fingerprint density at radius 1 is 1.21 bits per heavy atom. The molecule has 1 unspecified atom stereocenters.